The second-order valence-corrected chi connectivity index (χ2v) is 8.73. The van der Waals surface area contributed by atoms with Crippen LogP contribution in [0.2, 0.25) is 0 Å². The van der Waals surface area contributed by atoms with Crippen molar-refractivity contribution in [2.24, 2.45) is 0 Å². The summed E-state index contributed by atoms with van der Waals surface area (Å²) in [5.41, 5.74) is 3.23. The van der Waals surface area contributed by atoms with Crippen LogP contribution in [0, 0.1) is 0 Å². The number of likely N-dealkylation sites (tertiary alicyclic amines) is 1. The van der Waals surface area contributed by atoms with Crippen LogP contribution in [0.5, 0.6) is 0 Å². The predicted molar refractivity (Wildman–Crippen MR) is 124 cm³/mol. The fourth-order valence-corrected chi connectivity index (χ4v) is 4.44. The Balaban J connectivity index is 1.26. The second kappa shape index (κ2) is 8.78. The van der Waals surface area contributed by atoms with Crippen LogP contribution in [-0.2, 0) is 13.0 Å². The Labute approximate surface area is 191 Å². The molecule has 4 aromatic rings. The lowest BCUT2D eigenvalue weighted by Crippen LogP contribution is -2.48. The molecule has 0 radical (unpaired) electrons. The van der Waals surface area contributed by atoms with Gasteiger partial charge in [0.1, 0.15) is 5.76 Å². The van der Waals surface area contributed by atoms with Crippen molar-refractivity contribution in [2.45, 2.75) is 44.8 Å². The summed E-state index contributed by atoms with van der Waals surface area (Å²) in [6.45, 7) is 3.47. The van der Waals surface area contributed by atoms with E-state index in [9.17, 15) is 9.90 Å². The first-order chi connectivity index (χ1) is 16.0. The van der Waals surface area contributed by atoms with Crippen LogP contribution >= 0.6 is 0 Å². The highest BCUT2D eigenvalue weighted by molar-refractivity contribution is 5.92. The van der Waals surface area contributed by atoms with Crippen molar-refractivity contribution in [3.63, 3.8) is 0 Å². The van der Waals surface area contributed by atoms with Crippen LogP contribution in [0.1, 0.15) is 42.4 Å². The molecular formula is C25H27N5O3. The van der Waals surface area contributed by atoms with Gasteiger partial charge in [0, 0.05) is 49.7 Å². The summed E-state index contributed by atoms with van der Waals surface area (Å²) in [6, 6.07) is 11.6. The van der Waals surface area contributed by atoms with Crippen LogP contribution < -0.4 is 0 Å². The fraction of sp³-hybridized carbons (Fsp3) is 0.360. The predicted octanol–water partition coefficient (Wildman–Crippen LogP) is 3.71. The molecule has 1 aliphatic rings. The molecule has 8 nitrogen and oxygen atoms in total. The van der Waals surface area contributed by atoms with E-state index >= 15 is 0 Å². The second-order valence-electron chi connectivity index (χ2n) is 8.73. The van der Waals surface area contributed by atoms with Crippen molar-refractivity contribution in [3.05, 3.63) is 66.4 Å². The molecule has 0 unspecified atom stereocenters. The lowest BCUT2D eigenvalue weighted by atomic mass is 9.91. The van der Waals surface area contributed by atoms with Crippen LogP contribution in [0.4, 0.5) is 0 Å². The van der Waals surface area contributed by atoms with Gasteiger partial charge in [-0.15, -0.1) is 0 Å². The Bertz CT molecular complexity index is 1260. The maximum Gasteiger partial charge on any atom is 0.276 e. The Morgan fingerprint density at radius 1 is 1.15 bits per heavy atom. The lowest BCUT2D eigenvalue weighted by molar-refractivity contribution is -0.0285. The monoisotopic (exact) mass is 445 g/mol. The molecule has 5 rings (SSSR count). The van der Waals surface area contributed by atoms with E-state index in [1.54, 1.807) is 23.4 Å². The molecule has 1 amide bonds. The van der Waals surface area contributed by atoms with E-state index in [2.05, 4.69) is 17.1 Å². The Hall–Kier alpha value is -3.52. The van der Waals surface area contributed by atoms with Crippen molar-refractivity contribution >= 4 is 16.9 Å². The largest absolute Gasteiger partial charge is 0.388 e. The van der Waals surface area contributed by atoms with Crippen molar-refractivity contribution < 1.29 is 14.4 Å². The number of hydrogen-bond acceptors (Lipinski definition) is 6. The molecule has 0 atom stereocenters. The van der Waals surface area contributed by atoms with Crippen LogP contribution in [0.15, 0.2) is 59.5 Å². The van der Waals surface area contributed by atoms with E-state index < -0.39 is 5.60 Å². The maximum atomic E-state index is 12.8. The molecule has 170 valence electrons. The molecule has 1 saturated heterocycles. The fourth-order valence-electron chi connectivity index (χ4n) is 4.44. The minimum Gasteiger partial charge on any atom is -0.388 e. The first-order valence-corrected chi connectivity index (χ1v) is 11.4. The first kappa shape index (κ1) is 21.3. The molecule has 5 heterocycles. The van der Waals surface area contributed by atoms with Crippen LogP contribution in [0.25, 0.3) is 22.3 Å². The standard InChI is InChI=1S/C25H27N5O3/c1-2-3-19-16-22(28-33-19)24(31)29-14-9-25(32,10-15-29)17-30-13-8-21-23(30)5-4-20(27-21)18-6-11-26-12-7-18/h4-8,11-13,16,32H,2-3,9-10,14-15,17H2,1H3. The number of amides is 1. The van der Waals surface area contributed by atoms with Gasteiger partial charge in [-0.25, -0.2) is 4.98 Å². The number of piperidine rings is 1. The van der Waals surface area contributed by atoms with Crippen molar-refractivity contribution in [3.8, 4) is 11.3 Å². The minimum atomic E-state index is -0.885. The van der Waals surface area contributed by atoms with Crippen LogP contribution in [0.3, 0.4) is 0 Å². The summed E-state index contributed by atoms with van der Waals surface area (Å²) >= 11 is 0. The van der Waals surface area contributed by atoms with Gasteiger partial charge in [0.05, 0.1) is 28.9 Å². The average molecular weight is 446 g/mol. The third-order valence-corrected chi connectivity index (χ3v) is 6.32. The van der Waals surface area contributed by atoms with E-state index in [1.807, 2.05) is 41.1 Å². The summed E-state index contributed by atoms with van der Waals surface area (Å²) < 4.78 is 7.29. The van der Waals surface area contributed by atoms with Crippen molar-refractivity contribution in [1.29, 1.82) is 0 Å². The van der Waals surface area contributed by atoms with Gasteiger partial charge in [0.2, 0.25) is 0 Å². The summed E-state index contributed by atoms with van der Waals surface area (Å²) in [4.78, 5) is 23.3. The average Bonchev–Trinajstić information content (AvgIpc) is 3.47. The SMILES string of the molecule is CCCc1cc(C(=O)N2CCC(O)(Cn3ccc4nc(-c5ccncc5)ccc43)CC2)no1. The molecule has 1 N–H and O–H groups in total. The van der Waals surface area contributed by atoms with Gasteiger partial charge >= 0.3 is 0 Å². The number of aliphatic hydroxyl groups is 1. The zero-order chi connectivity index (χ0) is 22.8. The van der Waals surface area contributed by atoms with E-state index in [-0.39, 0.29) is 5.91 Å². The van der Waals surface area contributed by atoms with Crippen LogP contribution in [-0.4, -0.2) is 54.3 Å². The number of hydrogen-bond donors (Lipinski definition) is 1. The smallest absolute Gasteiger partial charge is 0.276 e. The molecule has 1 fully saturated rings. The number of nitrogens with zero attached hydrogens (tertiary/aromatic N) is 5. The molecule has 1 aliphatic heterocycles. The molecule has 33 heavy (non-hydrogen) atoms. The highest BCUT2D eigenvalue weighted by Gasteiger charge is 2.35. The van der Waals surface area contributed by atoms with Crippen molar-refractivity contribution in [2.75, 3.05) is 13.1 Å². The Kier molecular flexibility index (Phi) is 5.68. The van der Waals surface area contributed by atoms with Gasteiger partial charge in [0.25, 0.3) is 5.91 Å². The zero-order valence-corrected chi connectivity index (χ0v) is 18.6. The van der Waals surface area contributed by atoms with Gasteiger partial charge in [0.15, 0.2) is 5.69 Å². The van der Waals surface area contributed by atoms with Gasteiger partial charge < -0.3 is 19.1 Å². The molecule has 0 aromatic carbocycles. The number of carbonyl (C=O) groups excluding carboxylic acids is 1. The van der Waals surface area contributed by atoms with E-state index in [1.165, 1.54) is 0 Å². The van der Waals surface area contributed by atoms with Crippen molar-refractivity contribution in [1.82, 2.24) is 24.6 Å². The van der Waals surface area contributed by atoms with E-state index in [0.717, 1.165) is 40.9 Å². The first-order valence-electron chi connectivity index (χ1n) is 11.4. The lowest BCUT2D eigenvalue weighted by Gasteiger charge is -2.38. The number of pyridine rings is 2. The minimum absolute atomic E-state index is 0.137. The molecule has 0 aliphatic carbocycles. The van der Waals surface area contributed by atoms with Gasteiger partial charge in [-0.05, 0) is 49.6 Å². The van der Waals surface area contributed by atoms with Gasteiger partial charge in [-0.1, -0.05) is 12.1 Å². The highest BCUT2D eigenvalue weighted by Crippen LogP contribution is 2.28. The molecule has 4 aromatic heterocycles. The zero-order valence-electron chi connectivity index (χ0n) is 18.6. The quantitative estimate of drug-likeness (QED) is 0.486. The molecule has 0 bridgehead atoms. The Morgan fingerprint density at radius 3 is 2.70 bits per heavy atom. The van der Waals surface area contributed by atoms with Gasteiger partial charge in [-0.2, -0.15) is 0 Å². The number of aromatic nitrogens is 4. The normalized spacial score (nSPS) is 15.8. The number of fused-ring (bicyclic) bond motifs is 1. The molecule has 8 heteroatoms. The number of rotatable bonds is 6. The van der Waals surface area contributed by atoms with E-state index in [0.29, 0.717) is 38.2 Å². The third-order valence-electron chi connectivity index (χ3n) is 6.32. The van der Waals surface area contributed by atoms with E-state index in [4.69, 9.17) is 9.51 Å². The molecular weight excluding hydrogens is 418 g/mol. The number of aryl methyl sites for hydroxylation is 1. The maximum absolute atomic E-state index is 12.8. The topological polar surface area (TPSA) is 97.3 Å². The number of carbonyl (C=O) groups is 1. The molecule has 0 spiro atoms. The molecule has 0 saturated carbocycles. The Morgan fingerprint density at radius 2 is 1.94 bits per heavy atom. The van der Waals surface area contributed by atoms with Gasteiger partial charge in [-0.3, -0.25) is 9.78 Å². The summed E-state index contributed by atoms with van der Waals surface area (Å²) in [5.74, 6) is 0.594. The third kappa shape index (κ3) is 4.39. The summed E-state index contributed by atoms with van der Waals surface area (Å²) in [6.07, 6.45) is 8.19. The summed E-state index contributed by atoms with van der Waals surface area (Å²) in [5, 5.41) is 15.2. The summed E-state index contributed by atoms with van der Waals surface area (Å²) in [7, 11) is 0. The highest BCUT2D eigenvalue weighted by atomic mass is 16.5.